The number of halogens is 1. The zero-order valence-corrected chi connectivity index (χ0v) is 12.6. The summed E-state index contributed by atoms with van der Waals surface area (Å²) < 4.78 is 30.1. The molecule has 0 bridgehead atoms. The Kier molecular flexibility index (Phi) is 4.39. The first-order chi connectivity index (χ1) is 8.57. The molecule has 1 saturated heterocycles. The van der Waals surface area contributed by atoms with Crippen LogP contribution in [0.15, 0.2) is 0 Å². The topological polar surface area (TPSA) is 74.1 Å². The van der Waals surface area contributed by atoms with E-state index in [4.69, 9.17) is 4.74 Å². The van der Waals surface area contributed by atoms with Gasteiger partial charge in [0.2, 0.25) is 0 Å². The third-order valence-electron chi connectivity index (χ3n) is 3.09. The zero-order valence-electron chi connectivity index (χ0n) is 10.2. The quantitative estimate of drug-likeness (QED) is 0.740. The number of aromatic nitrogens is 3. The van der Waals surface area contributed by atoms with Crippen molar-refractivity contribution < 1.29 is 13.2 Å². The number of hydrogen-bond donors (Lipinski definition) is 0. The molecule has 0 amide bonds. The van der Waals surface area contributed by atoms with Crippen molar-refractivity contribution in [1.82, 2.24) is 14.8 Å². The molecule has 0 N–H and O–H groups in total. The Morgan fingerprint density at radius 1 is 1.50 bits per heavy atom. The maximum atomic E-state index is 11.5. The van der Waals surface area contributed by atoms with Crippen molar-refractivity contribution in [3.63, 3.8) is 0 Å². The van der Waals surface area contributed by atoms with Crippen molar-refractivity contribution in [3.8, 4) is 0 Å². The minimum absolute atomic E-state index is 0.0350. The van der Waals surface area contributed by atoms with Crippen molar-refractivity contribution >= 4 is 25.8 Å². The largest absolute Gasteiger partial charge is 0.383 e. The number of methoxy groups -OCH3 is 1. The summed E-state index contributed by atoms with van der Waals surface area (Å²) in [5, 5.41) is 8.85. The molecule has 1 aliphatic rings. The van der Waals surface area contributed by atoms with Gasteiger partial charge in [-0.25, -0.2) is 8.42 Å². The van der Waals surface area contributed by atoms with Gasteiger partial charge in [-0.3, -0.25) is 0 Å². The molecule has 1 aromatic heterocycles. The molecule has 2 heterocycles. The minimum Gasteiger partial charge on any atom is -0.383 e. The van der Waals surface area contributed by atoms with Crippen molar-refractivity contribution in [3.05, 3.63) is 11.6 Å². The summed E-state index contributed by atoms with van der Waals surface area (Å²) in [6, 6.07) is 0. The predicted octanol–water partition coefficient (Wildman–Crippen LogP) is 0.722. The van der Waals surface area contributed by atoms with E-state index in [1.54, 1.807) is 7.11 Å². The highest BCUT2D eigenvalue weighted by Crippen LogP contribution is 2.28. The first-order valence-corrected chi connectivity index (χ1v) is 8.69. The smallest absolute Gasteiger partial charge is 0.151 e. The monoisotopic (exact) mass is 337 g/mol. The van der Waals surface area contributed by atoms with Gasteiger partial charge in [-0.05, 0) is 6.42 Å². The normalized spacial score (nSPS) is 22.4. The predicted molar refractivity (Wildman–Crippen MR) is 70.5 cm³/mol. The summed E-state index contributed by atoms with van der Waals surface area (Å²) in [4.78, 5) is 0. The molecule has 0 aliphatic carbocycles. The van der Waals surface area contributed by atoms with Crippen LogP contribution in [0.1, 0.15) is 24.0 Å². The van der Waals surface area contributed by atoms with Crippen LogP contribution in [0.25, 0.3) is 0 Å². The average Bonchev–Trinajstić information content (AvgIpc) is 2.89. The minimum atomic E-state index is -2.90. The number of ether oxygens (including phenoxy) is 1. The Balaban J connectivity index is 2.24. The molecule has 1 aliphatic heterocycles. The summed E-state index contributed by atoms with van der Waals surface area (Å²) >= 11 is 3.36. The van der Waals surface area contributed by atoms with Crippen LogP contribution < -0.4 is 0 Å². The number of sulfone groups is 1. The fourth-order valence-corrected chi connectivity index (χ4v) is 4.33. The number of hydrogen-bond acceptors (Lipinski definition) is 5. The Labute approximate surface area is 115 Å². The number of rotatable bonds is 5. The standard InChI is InChI=1S/C10H16BrN3O3S/c1-17-4-3-14-9(6-11)12-13-10(14)8-2-5-18(15,16)7-8/h8H,2-7H2,1H3. The lowest BCUT2D eigenvalue weighted by Crippen LogP contribution is -2.15. The first kappa shape index (κ1) is 14.0. The van der Waals surface area contributed by atoms with E-state index < -0.39 is 9.84 Å². The fourth-order valence-electron chi connectivity index (χ4n) is 2.17. The van der Waals surface area contributed by atoms with Gasteiger partial charge in [0.1, 0.15) is 11.6 Å². The van der Waals surface area contributed by atoms with Gasteiger partial charge < -0.3 is 9.30 Å². The van der Waals surface area contributed by atoms with Gasteiger partial charge in [0.05, 0.1) is 23.4 Å². The second kappa shape index (κ2) is 5.66. The van der Waals surface area contributed by atoms with Crippen LogP contribution in [0.4, 0.5) is 0 Å². The highest BCUT2D eigenvalue weighted by atomic mass is 79.9. The molecule has 0 saturated carbocycles. The van der Waals surface area contributed by atoms with Crippen LogP contribution in [0.2, 0.25) is 0 Å². The first-order valence-electron chi connectivity index (χ1n) is 5.74. The van der Waals surface area contributed by atoms with Crippen molar-refractivity contribution in [2.75, 3.05) is 25.2 Å². The third-order valence-corrected chi connectivity index (χ3v) is 5.36. The Bertz CT molecular complexity index is 514. The van der Waals surface area contributed by atoms with E-state index in [-0.39, 0.29) is 17.4 Å². The molecule has 6 nitrogen and oxygen atoms in total. The summed E-state index contributed by atoms with van der Waals surface area (Å²) in [5.74, 6) is 1.97. The van der Waals surface area contributed by atoms with E-state index in [0.717, 1.165) is 11.6 Å². The molecule has 0 aromatic carbocycles. The van der Waals surface area contributed by atoms with Crippen LogP contribution in [0.3, 0.4) is 0 Å². The van der Waals surface area contributed by atoms with Crippen LogP contribution in [-0.2, 0) is 26.4 Å². The SMILES string of the molecule is COCCn1c(CBr)nnc1C1CCS(=O)(=O)C1. The second-order valence-electron chi connectivity index (χ2n) is 4.35. The lowest BCUT2D eigenvalue weighted by Gasteiger charge is -2.12. The summed E-state index contributed by atoms with van der Waals surface area (Å²) in [7, 11) is -1.27. The van der Waals surface area contributed by atoms with Crippen LogP contribution in [0.5, 0.6) is 0 Å². The van der Waals surface area contributed by atoms with Crippen molar-refractivity contribution in [2.24, 2.45) is 0 Å². The van der Waals surface area contributed by atoms with Crippen molar-refractivity contribution in [2.45, 2.75) is 24.2 Å². The van der Waals surface area contributed by atoms with Gasteiger partial charge >= 0.3 is 0 Å². The number of alkyl halides is 1. The van der Waals surface area contributed by atoms with Gasteiger partial charge in [-0.2, -0.15) is 0 Å². The van der Waals surface area contributed by atoms with Gasteiger partial charge in [-0.15, -0.1) is 10.2 Å². The van der Waals surface area contributed by atoms with Crippen LogP contribution >= 0.6 is 15.9 Å². The van der Waals surface area contributed by atoms with Gasteiger partial charge in [-0.1, -0.05) is 15.9 Å². The third kappa shape index (κ3) is 2.92. The highest BCUT2D eigenvalue weighted by molar-refractivity contribution is 9.08. The van der Waals surface area contributed by atoms with Gasteiger partial charge in [0.25, 0.3) is 0 Å². The lowest BCUT2D eigenvalue weighted by molar-refractivity contribution is 0.185. The molecular formula is C10H16BrN3O3S. The molecule has 0 spiro atoms. The van der Waals surface area contributed by atoms with E-state index in [1.807, 2.05) is 4.57 Å². The average molecular weight is 338 g/mol. The molecule has 1 fully saturated rings. The van der Waals surface area contributed by atoms with Gasteiger partial charge in [0.15, 0.2) is 9.84 Å². The lowest BCUT2D eigenvalue weighted by atomic mass is 10.1. The Morgan fingerprint density at radius 2 is 2.28 bits per heavy atom. The molecule has 0 radical (unpaired) electrons. The van der Waals surface area contributed by atoms with Gasteiger partial charge in [0, 0.05) is 19.6 Å². The zero-order chi connectivity index (χ0) is 13.2. The van der Waals surface area contributed by atoms with Crippen LogP contribution in [0, 0.1) is 0 Å². The van der Waals surface area contributed by atoms with E-state index in [9.17, 15) is 8.42 Å². The molecule has 8 heteroatoms. The fraction of sp³-hybridized carbons (Fsp3) is 0.800. The molecule has 1 unspecified atom stereocenters. The molecule has 2 rings (SSSR count). The van der Waals surface area contributed by atoms with E-state index in [1.165, 1.54) is 0 Å². The summed E-state index contributed by atoms with van der Waals surface area (Å²) in [5.41, 5.74) is 0. The van der Waals surface area contributed by atoms with Crippen LogP contribution in [-0.4, -0.2) is 48.4 Å². The molecule has 102 valence electrons. The molecular weight excluding hydrogens is 322 g/mol. The Hall–Kier alpha value is -0.470. The highest BCUT2D eigenvalue weighted by Gasteiger charge is 2.32. The molecule has 1 aromatic rings. The summed E-state index contributed by atoms with van der Waals surface area (Å²) in [6.07, 6.45) is 0.635. The van der Waals surface area contributed by atoms with E-state index in [0.29, 0.717) is 24.9 Å². The van der Waals surface area contributed by atoms with E-state index >= 15 is 0 Å². The summed E-state index contributed by atoms with van der Waals surface area (Å²) in [6.45, 7) is 1.21. The maximum Gasteiger partial charge on any atom is 0.151 e. The van der Waals surface area contributed by atoms with Crippen molar-refractivity contribution in [1.29, 1.82) is 0 Å². The number of nitrogens with zero attached hydrogens (tertiary/aromatic N) is 3. The second-order valence-corrected chi connectivity index (χ2v) is 7.14. The molecule has 18 heavy (non-hydrogen) atoms. The Morgan fingerprint density at radius 3 is 2.83 bits per heavy atom. The maximum absolute atomic E-state index is 11.5. The molecule has 1 atom stereocenters. The van der Waals surface area contributed by atoms with E-state index in [2.05, 4.69) is 26.1 Å².